The number of hydrogen-bond donors (Lipinski definition) is 1. The zero-order valence-electron chi connectivity index (χ0n) is 17.1. The Bertz CT molecular complexity index is 973. The molecule has 2 aromatic carbocycles. The molecule has 0 aliphatic carbocycles. The molecule has 2 aromatic rings. The van der Waals surface area contributed by atoms with Crippen LogP contribution in [0.2, 0.25) is 0 Å². The SMILES string of the molecule is CC(=O)SC/C(=C/c1ccc2c(c1)OCO2)C(=O)NCCC(=O)OCc1ccccc1. The van der Waals surface area contributed by atoms with Gasteiger partial charge >= 0.3 is 5.97 Å². The topological polar surface area (TPSA) is 90.9 Å². The van der Waals surface area contributed by atoms with Gasteiger partial charge in [-0.15, -0.1) is 0 Å². The van der Waals surface area contributed by atoms with E-state index in [1.807, 2.05) is 30.3 Å². The average molecular weight is 442 g/mol. The number of carbonyl (C=O) groups excluding carboxylic acids is 3. The lowest BCUT2D eigenvalue weighted by Crippen LogP contribution is -2.28. The maximum absolute atomic E-state index is 12.6. The molecule has 7 nitrogen and oxygen atoms in total. The molecular weight excluding hydrogens is 418 g/mol. The van der Waals surface area contributed by atoms with Crippen molar-refractivity contribution in [3.8, 4) is 11.5 Å². The zero-order chi connectivity index (χ0) is 22.1. The summed E-state index contributed by atoms with van der Waals surface area (Å²) in [7, 11) is 0. The minimum absolute atomic E-state index is 0.0513. The van der Waals surface area contributed by atoms with Crippen LogP contribution in [0.25, 0.3) is 6.08 Å². The summed E-state index contributed by atoms with van der Waals surface area (Å²) in [4.78, 5) is 35.9. The van der Waals surface area contributed by atoms with Crippen LogP contribution in [0.1, 0.15) is 24.5 Å². The van der Waals surface area contributed by atoms with E-state index >= 15 is 0 Å². The summed E-state index contributed by atoms with van der Waals surface area (Å²) in [5, 5.41) is 2.63. The number of thioether (sulfide) groups is 1. The Labute approximate surface area is 184 Å². The van der Waals surface area contributed by atoms with E-state index in [2.05, 4.69) is 5.32 Å². The Morgan fingerprint density at radius 1 is 1.10 bits per heavy atom. The number of carbonyl (C=O) groups is 3. The molecule has 0 saturated carbocycles. The van der Waals surface area contributed by atoms with Crippen LogP contribution in [0.5, 0.6) is 11.5 Å². The third-order valence-corrected chi connectivity index (χ3v) is 5.18. The summed E-state index contributed by atoms with van der Waals surface area (Å²) >= 11 is 1.04. The van der Waals surface area contributed by atoms with Gasteiger partial charge in [-0.2, -0.15) is 0 Å². The van der Waals surface area contributed by atoms with E-state index in [1.54, 1.807) is 24.3 Å². The summed E-state index contributed by atoms with van der Waals surface area (Å²) in [5.74, 6) is 0.726. The normalized spacial score (nSPS) is 12.4. The smallest absolute Gasteiger partial charge is 0.307 e. The first-order chi connectivity index (χ1) is 15.0. The molecule has 0 radical (unpaired) electrons. The number of esters is 1. The number of fused-ring (bicyclic) bond motifs is 1. The third kappa shape index (κ3) is 7.18. The van der Waals surface area contributed by atoms with Crippen molar-refractivity contribution in [2.45, 2.75) is 20.0 Å². The maximum Gasteiger partial charge on any atom is 0.307 e. The number of rotatable bonds is 9. The van der Waals surface area contributed by atoms with Gasteiger partial charge in [0.2, 0.25) is 12.7 Å². The molecule has 1 aliphatic rings. The van der Waals surface area contributed by atoms with Gasteiger partial charge < -0.3 is 19.5 Å². The van der Waals surface area contributed by atoms with Crippen LogP contribution in [0.15, 0.2) is 54.1 Å². The quantitative estimate of drug-likeness (QED) is 0.471. The van der Waals surface area contributed by atoms with Crippen molar-refractivity contribution in [3.63, 3.8) is 0 Å². The number of hydrogen-bond acceptors (Lipinski definition) is 7. The van der Waals surface area contributed by atoms with Gasteiger partial charge in [0.15, 0.2) is 16.6 Å². The Morgan fingerprint density at radius 3 is 2.65 bits per heavy atom. The highest BCUT2D eigenvalue weighted by molar-refractivity contribution is 8.13. The molecule has 1 aliphatic heterocycles. The van der Waals surface area contributed by atoms with Crippen molar-refractivity contribution in [3.05, 3.63) is 65.2 Å². The van der Waals surface area contributed by atoms with Gasteiger partial charge in [0.25, 0.3) is 0 Å². The minimum atomic E-state index is -0.399. The van der Waals surface area contributed by atoms with E-state index in [4.69, 9.17) is 14.2 Å². The van der Waals surface area contributed by atoms with E-state index in [1.165, 1.54) is 6.92 Å². The molecule has 0 aromatic heterocycles. The monoisotopic (exact) mass is 441 g/mol. The molecule has 1 heterocycles. The van der Waals surface area contributed by atoms with Gasteiger partial charge in [-0.1, -0.05) is 48.2 Å². The predicted molar refractivity (Wildman–Crippen MR) is 118 cm³/mol. The third-order valence-electron chi connectivity index (χ3n) is 4.32. The van der Waals surface area contributed by atoms with Crippen molar-refractivity contribution in [2.24, 2.45) is 0 Å². The second-order valence-corrected chi connectivity index (χ2v) is 7.87. The molecule has 162 valence electrons. The van der Waals surface area contributed by atoms with Crippen LogP contribution in [0, 0.1) is 0 Å². The first kappa shape index (κ1) is 22.4. The molecule has 0 unspecified atom stereocenters. The van der Waals surface area contributed by atoms with Crippen molar-refractivity contribution in [2.75, 3.05) is 19.1 Å². The van der Waals surface area contributed by atoms with Crippen molar-refractivity contribution < 1.29 is 28.6 Å². The molecule has 0 saturated heterocycles. The second kappa shape index (κ2) is 11.2. The predicted octanol–water partition coefficient (Wildman–Crippen LogP) is 3.33. The molecule has 8 heteroatoms. The first-order valence-electron chi connectivity index (χ1n) is 9.72. The largest absolute Gasteiger partial charge is 0.461 e. The summed E-state index contributed by atoms with van der Waals surface area (Å²) in [6, 6.07) is 14.7. The fourth-order valence-electron chi connectivity index (χ4n) is 2.76. The fraction of sp³-hybridized carbons (Fsp3) is 0.261. The molecule has 31 heavy (non-hydrogen) atoms. The Hall–Kier alpha value is -3.26. The molecule has 3 rings (SSSR count). The highest BCUT2D eigenvalue weighted by Gasteiger charge is 2.15. The minimum Gasteiger partial charge on any atom is -0.461 e. The number of ether oxygens (including phenoxy) is 3. The van der Waals surface area contributed by atoms with Crippen LogP contribution >= 0.6 is 11.8 Å². The van der Waals surface area contributed by atoms with Crippen LogP contribution in [0.3, 0.4) is 0 Å². The second-order valence-electron chi connectivity index (χ2n) is 6.71. The molecule has 0 spiro atoms. The van der Waals surface area contributed by atoms with E-state index in [0.717, 1.165) is 22.9 Å². The standard InChI is InChI=1S/C23H23NO6S/c1-16(25)31-14-19(11-18-7-8-20-21(12-18)30-15-29-20)23(27)24-10-9-22(26)28-13-17-5-3-2-4-6-17/h2-8,11-12H,9-10,13-15H2,1H3,(H,24,27)/b19-11-. The Morgan fingerprint density at radius 2 is 1.87 bits per heavy atom. The lowest BCUT2D eigenvalue weighted by atomic mass is 10.1. The first-order valence-corrected chi connectivity index (χ1v) is 10.7. The molecule has 0 bridgehead atoms. The Kier molecular flexibility index (Phi) is 8.12. The van der Waals surface area contributed by atoms with Gasteiger partial charge in [-0.25, -0.2) is 0 Å². The van der Waals surface area contributed by atoms with Gasteiger partial charge in [0, 0.05) is 24.8 Å². The number of amides is 1. The summed E-state index contributed by atoms with van der Waals surface area (Å²) < 4.78 is 15.9. The van der Waals surface area contributed by atoms with Crippen LogP contribution in [-0.4, -0.2) is 36.1 Å². The van der Waals surface area contributed by atoms with E-state index < -0.39 is 5.97 Å². The zero-order valence-corrected chi connectivity index (χ0v) is 17.9. The molecule has 0 atom stereocenters. The summed E-state index contributed by atoms with van der Waals surface area (Å²) in [6.07, 6.45) is 1.75. The fourth-order valence-corrected chi connectivity index (χ4v) is 3.33. The van der Waals surface area contributed by atoms with Gasteiger partial charge in [-0.3, -0.25) is 14.4 Å². The maximum atomic E-state index is 12.6. The average Bonchev–Trinajstić information content (AvgIpc) is 3.23. The van der Waals surface area contributed by atoms with Gasteiger partial charge in [-0.05, 0) is 29.3 Å². The molecule has 1 N–H and O–H groups in total. The summed E-state index contributed by atoms with van der Waals surface area (Å²) in [5.41, 5.74) is 2.06. The number of benzene rings is 2. The lowest BCUT2D eigenvalue weighted by molar-refractivity contribution is -0.144. The van der Waals surface area contributed by atoms with Crippen LogP contribution in [0.4, 0.5) is 0 Å². The van der Waals surface area contributed by atoms with Gasteiger partial charge in [0.05, 0.1) is 6.42 Å². The highest BCUT2D eigenvalue weighted by Crippen LogP contribution is 2.33. The Balaban J connectivity index is 1.54. The van der Waals surface area contributed by atoms with Gasteiger partial charge in [0.1, 0.15) is 6.61 Å². The van der Waals surface area contributed by atoms with Crippen molar-refractivity contribution in [1.29, 1.82) is 0 Å². The van der Waals surface area contributed by atoms with E-state index in [0.29, 0.717) is 17.1 Å². The summed E-state index contributed by atoms with van der Waals surface area (Å²) in [6.45, 7) is 1.94. The number of nitrogens with one attached hydrogen (secondary N) is 1. The van der Waals surface area contributed by atoms with E-state index in [-0.39, 0.29) is 43.1 Å². The highest BCUT2D eigenvalue weighted by atomic mass is 32.2. The van der Waals surface area contributed by atoms with Crippen molar-refractivity contribution >= 4 is 34.8 Å². The van der Waals surface area contributed by atoms with Crippen molar-refractivity contribution in [1.82, 2.24) is 5.32 Å². The van der Waals surface area contributed by atoms with E-state index in [9.17, 15) is 14.4 Å². The van der Waals surface area contributed by atoms with Crippen LogP contribution < -0.4 is 14.8 Å². The molecular formula is C23H23NO6S. The molecule has 1 amide bonds. The molecule has 0 fully saturated rings. The lowest BCUT2D eigenvalue weighted by Gasteiger charge is -2.09. The van der Waals surface area contributed by atoms with Crippen LogP contribution in [-0.2, 0) is 25.7 Å².